The van der Waals surface area contributed by atoms with Crippen molar-refractivity contribution in [1.82, 2.24) is 19.9 Å². The van der Waals surface area contributed by atoms with E-state index in [4.69, 9.17) is 16.6 Å². The average Bonchev–Trinajstić information content (AvgIpc) is 2.68. The van der Waals surface area contributed by atoms with Gasteiger partial charge in [-0.05, 0) is 24.6 Å². The van der Waals surface area contributed by atoms with Crippen LogP contribution in [0.4, 0.5) is 11.8 Å². The maximum atomic E-state index is 12.6. The number of fused-ring (bicyclic) bond motifs is 1. The van der Waals surface area contributed by atoms with Crippen LogP contribution in [0.3, 0.4) is 0 Å². The van der Waals surface area contributed by atoms with Crippen molar-refractivity contribution in [2.24, 2.45) is 0 Å². The van der Waals surface area contributed by atoms with Crippen molar-refractivity contribution in [1.29, 1.82) is 0 Å². The molecular formula is C19H17N6NaO5. The summed E-state index contributed by atoms with van der Waals surface area (Å²) in [5.41, 5.74) is 10.5. The molecule has 0 aliphatic carbocycles. The van der Waals surface area contributed by atoms with E-state index in [1.807, 2.05) is 0 Å². The molecule has 31 heavy (non-hydrogen) atoms. The number of ketones is 1. The summed E-state index contributed by atoms with van der Waals surface area (Å²) in [4.78, 5) is 51.4. The number of aromatic carboxylic acids is 1. The summed E-state index contributed by atoms with van der Waals surface area (Å²) in [5, 5.41) is 20.8. The standard InChI is InChI=1S/C19H18N6O5.Na/c1-19(17(29)30,10-4-2-9(3-5-10)16(27)28)7-12(26)6-11-8-22-15-13(23-11)14(20)24-18(21)25-15;/h2-5,8H,6-7H2,1H3,(H,27,28)(H,29,30)(H4,20,21,22,24,25);/q;+1/p-1. The fourth-order valence-electron chi connectivity index (χ4n) is 3.00. The number of rotatable bonds is 7. The molecule has 0 fully saturated rings. The van der Waals surface area contributed by atoms with Gasteiger partial charge in [-0.3, -0.25) is 4.79 Å². The van der Waals surface area contributed by atoms with Crippen LogP contribution in [0.25, 0.3) is 11.2 Å². The van der Waals surface area contributed by atoms with E-state index in [1.54, 1.807) is 0 Å². The molecule has 5 N–H and O–H groups in total. The van der Waals surface area contributed by atoms with Gasteiger partial charge in [0.15, 0.2) is 17.0 Å². The predicted octanol–water partition coefficient (Wildman–Crippen LogP) is -3.50. The summed E-state index contributed by atoms with van der Waals surface area (Å²) >= 11 is 0. The first kappa shape index (κ1) is 24.1. The van der Waals surface area contributed by atoms with Gasteiger partial charge in [-0.1, -0.05) is 12.1 Å². The maximum absolute atomic E-state index is 12.6. The van der Waals surface area contributed by atoms with Crippen molar-refractivity contribution in [2.75, 3.05) is 11.5 Å². The number of nitrogens with two attached hydrogens (primary N) is 2. The van der Waals surface area contributed by atoms with Crippen LogP contribution in [0, 0.1) is 0 Å². The maximum Gasteiger partial charge on any atom is 1.00 e. The molecule has 3 aromatic rings. The predicted molar refractivity (Wildman–Crippen MR) is 103 cm³/mol. The van der Waals surface area contributed by atoms with E-state index in [-0.39, 0.29) is 75.7 Å². The van der Waals surface area contributed by atoms with Crippen molar-refractivity contribution in [3.05, 3.63) is 47.3 Å². The number of anilines is 2. The number of nitrogen functional groups attached to an aromatic ring is 2. The summed E-state index contributed by atoms with van der Waals surface area (Å²) < 4.78 is 0. The number of nitrogens with zero attached hydrogens (tertiary/aromatic N) is 4. The first-order valence-corrected chi connectivity index (χ1v) is 8.72. The Morgan fingerprint density at radius 2 is 1.74 bits per heavy atom. The number of hydrogen-bond donors (Lipinski definition) is 3. The minimum absolute atomic E-state index is 0. The molecule has 1 unspecified atom stereocenters. The SMILES string of the molecule is CC(CC(=O)Cc1cnc2nc(N)nc(N)c2n1)(C(=O)[O-])c1ccc(C(=O)O)cc1.[Na+]. The van der Waals surface area contributed by atoms with Gasteiger partial charge in [-0.2, -0.15) is 9.97 Å². The molecule has 1 atom stereocenters. The Morgan fingerprint density at radius 1 is 1.10 bits per heavy atom. The van der Waals surface area contributed by atoms with Crippen LogP contribution in [-0.4, -0.2) is 42.8 Å². The van der Waals surface area contributed by atoms with E-state index in [0.717, 1.165) is 0 Å². The van der Waals surface area contributed by atoms with Gasteiger partial charge in [0.25, 0.3) is 0 Å². The van der Waals surface area contributed by atoms with E-state index in [0.29, 0.717) is 0 Å². The molecule has 0 radical (unpaired) electrons. The second-order valence-corrected chi connectivity index (χ2v) is 6.89. The summed E-state index contributed by atoms with van der Waals surface area (Å²) in [7, 11) is 0. The van der Waals surface area contributed by atoms with Gasteiger partial charge in [0, 0.05) is 11.8 Å². The van der Waals surface area contributed by atoms with Gasteiger partial charge < -0.3 is 26.5 Å². The molecule has 0 spiro atoms. The van der Waals surface area contributed by atoms with Crippen LogP contribution in [0.1, 0.15) is 35.0 Å². The average molecular weight is 432 g/mol. The monoisotopic (exact) mass is 432 g/mol. The molecule has 2 heterocycles. The Bertz CT molecular complexity index is 1170. The minimum atomic E-state index is -1.66. The first-order valence-electron chi connectivity index (χ1n) is 8.72. The third kappa shape index (κ3) is 5.13. The second-order valence-electron chi connectivity index (χ2n) is 6.89. The molecule has 0 aliphatic heterocycles. The number of carbonyl (C=O) groups is 3. The number of benzene rings is 1. The van der Waals surface area contributed by atoms with Crippen molar-refractivity contribution in [3.63, 3.8) is 0 Å². The Morgan fingerprint density at radius 3 is 2.32 bits per heavy atom. The number of aliphatic carboxylic acids is 1. The fraction of sp³-hybridized carbons (Fsp3) is 0.211. The van der Waals surface area contributed by atoms with Crippen LogP contribution in [0.2, 0.25) is 0 Å². The van der Waals surface area contributed by atoms with Crippen LogP contribution in [0.5, 0.6) is 0 Å². The normalized spacial score (nSPS) is 12.5. The minimum Gasteiger partial charge on any atom is -0.549 e. The zero-order valence-corrected chi connectivity index (χ0v) is 18.8. The molecular weight excluding hydrogens is 415 g/mol. The van der Waals surface area contributed by atoms with Gasteiger partial charge >= 0.3 is 35.5 Å². The molecule has 12 heteroatoms. The van der Waals surface area contributed by atoms with Gasteiger partial charge in [0.2, 0.25) is 5.95 Å². The largest absolute Gasteiger partial charge is 1.00 e. The fourth-order valence-corrected chi connectivity index (χ4v) is 3.00. The summed E-state index contributed by atoms with van der Waals surface area (Å²) in [6.07, 6.45) is 0.724. The summed E-state index contributed by atoms with van der Waals surface area (Å²) in [5.74, 6) is -3.09. The van der Waals surface area contributed by atoms with Crippen molar-refractivity contribution in [3.8, 4) is 0 Å². The Labute approximate surface area is 198 Å². The molecule has 0 saturated carbocycles. The molecule has 0 bridgehead atoms. The second kappa shape index (κ2) is 9.33. The van der Waals surface area contributed by atoms with E-state index in [2.05, 4.69) is 19.9 Å². The van der Waals surface area contributed by atoms with Gasteiger partial charge in [-0.15, -0.1) is 0 Å². The zero-order valence-electron chi connectivity index (χ0n) is 16.8. The van der Waals surface area contributed by atoms with Crippen LogP contribution in [0.15, 0.2) is 30.5 Å². The van der Waals surface area contributed by atoms with E-state index < -0.39 is 29.6 Å². The molecule has 1 aromatic carbocycles. The molecule has 0 saturated heterocycles. The number of hydrogen-bond acceptors (Lipinski definition) is 10. The smallest absolute Gasteiger partial charge is 0.549 e. The van der Waals surface area contributed by atoms with Crippen LogP contribution >= 0.6 is 0 Å². The van der Waals surface area contributed by atoms with Crippen molar-refractivity contribution >= 4 is 40.7 Å². The molecule has 154 valence electrons. The first-order chi connectivity index (χ1) is 14.1. The van der Waals surface area contributed by atoms with Crippen molar-refractivity contribution in [2.45, 2.75) is 25.2 Å². The summed E-state index contributed by atoms with van der Waals surface area (Å²) in [6.45, 7) is 1.34. The Kier molecular flexibility index (Phi) is 7.26. The van der Waals surface area contributed by atoms with Gasteiger partial charge in [-0.25, -0.2) is 14.8 Å². The molecule has 2 aromatic heterocycles. The molecule has 0 aliphatic rings. The van der Waals surface area contributed by atoms with E-state index >= 15 is 0 Å². The quantitative estimate of drug-likeness (QED) is 0.313. The molecule has 11 nitrogen and oxygen atoms in total. The number of carboxylic acid groups (broad SMARTS) is 2. The van der Waals surface area contributed by atoms with Crippen LogP contribution < -0.4 is 46.1 Å². The Hall–Kier alpha value is -3.15. The van der Waals surface area contributed by atoms with Gasteiger partial charge in [0.1, 0.15) is 5.78 Å². The third-order valence-electron chi connectivity index (χ3n) is 4.65. The zero-order chi connectivity index (χ0) is 22.1. The number of carbonyl (C=O) groups excluding carboxylic acids is 2. The summed E-state index contributed by atoms with van der Waals surface area (Å²) in [6, 6.07) is 5.24. The number of Topliss-reactive ketones (excluding diaryl/α,β-unsaturated/α-hetero) is 1. The molecule has 3 rings (SSSR count). The third-order valence-corrected chi connectivity index (χ3v) is 4.65. The number of aromatic nitrogens is 4. The Balaban J connectivity index is 0.00000341. The van der Waals surface area contributed by atoms with E-state index in [9.17, 15) is 19.5 Å². The molecule has 0 amide bonds. The van der Waals surface area contributed by atoms with Crippen LogP contribution in [-0.2, 0) is 21.4 Å². The number of carboxylic acids is 2. The topological polar surface area (TPSA) is 198 Å². The van der Waals surface area contributed by atoms with E-state index in [1.165, 1.54) is 37.4 Å². The van der Waals surface area contributed by atoms with Crippen molar-refractivity contribution < 1.29 is 54.2 Å². The van der Waals surface area contributed by atoms with Gasteiger partial charge in [0.05, 0.1) is 29.8 Å².